The summed E-state index contributed by atoms with van der Waals surface area (Å²) in [7, 11) is 0. The summed E-state index contributed by atoms with van der Waals surface area (Å²) >= 11 is 0. The molecule has 2 nitrogen and oxygen atoms in total. The molecule has 1 N–H and O–H groups in total. The number of carbonyl (C=O) groups is 1. The monoisotopic (exact) mass is 190 g/mol. The molecule has 0 radical (unpaired) electrons. The standard InChI is InChI=1S/C9H12F2O2/c1-5(2)7-3-8(4-7,6(12)13)9(7,10)11/h5H,3-4H2,1-2H3,(H,12,13). The number of aliphatic carboxylic acids is 1. The van der Waals surface area contributed by atoms with Crippen molar-refractivity contribution >= 4 is 5.97 Å². The van der Waals surface area contributed by atoms with Crippen LogP contribution in [0.2, 0.25) is 0 Å². The van der Waals surface area contributed by atoms with Gasteiger partial charge in [-0.2, -0.15) is 0 Å². The van der Waals surface area contributed by atoms with Crippen LogP contribution in [-0.4, -0.2) is 17.0 Å². The molecule has 0 aromatic rings. The summed E-state index contributed by atoms with van der Waals surface area (Å²) < 4.78 is 26.8. The number of hydrogen-bond donors (Lipinski definition) is 1. The number of carboxylic acids is 1. The lowest BCUT2D eigenvalue weighted by Crippen LogP contribution is -2.83. The van der Waals surface area contributed by atoms with Gasteiger partial charge in [0, 0.05) is 5.41 Å². The molecule has 0 aliphatic heterocycles. The lowest BCUT2D eigenvalue weighted by atomic mass is 9.29. The Labute approximate surface area is 74.9 Å². The van der Waals surface area contributed by atoms with Gasteiger partial charge in [-0.15, -0.1) is 0 Å². The van der Waals surface area contributed by atoms with Crippen molar-refractivity contribution in [3.05, 3.63) is 0 Å². The maximum Gasteiger partial charge on any atom is 0.315 e. The molecule has 0 unspecified atom stereocenters. The second-order valence-corrected chi connectivity index (χ2v) is 4.63. The summed E-state index contributed by atoms with van der Waals surface area (Å²) in [5.74, 6) is -4.45. The van der Waals surface area contributed by atoms with E-state index >= 15 is 0 Å². The Balaban J connectivity index is 2.29. The van der Waals surface area contributed by atoms with E-state index in [1.807, 2.05) is 0 Å². The van der Waals surface area contributed by atoms with E-state index in [2.05, 4.69) is 0 Å². The molecule has 0 heterocycles. The highest BCUT2D eigenvalue weighted by molar-refractivity contribution is 5.82. The zero-order valence-electron chi connectivity index (χ0n) is 7.60. The summed E-state index contributed by atoms with van der Waals surface area (Å²) in [6.45, 7) is 3.47. The van der Waals surface area contributed by atoms with Crippen LogP contribution in [0.25, 0.3) is 0 Å². The minimum atomic E-state index is -2.99. The fraction of sp³-hybridized carbons (Fsp3) is 0.889. The van der Waals surface area contributed by atoms with Crippen molar-refractivity contribution in [2.45, 2.75) is 32.6 Å². The third kappa shape index (κ3) is 0.577. The number of rotatable bonds is 2. The largest absolute Gasteiger partial charge is 0.481 e. The van der Waals surface area contributed by atoms with Crippen LogP contribution in [0.3, 0.4) is 0 Å². The van der Waals surface area contributed by atoms with E-state index in [0.29, 0.717) is 0 Å². The summed E-state index contributed by atoms with van der Waals surface area (Å²) in [6.07, 6.45) is 0.306. The first-order valence-electron chi connectivity index (χ1n) is 4.41. The van der Waals surface area contributed by atoms with Gasteiger partial charge in [-0.05, 0) is 18.8 Å². The van der Waals surface area contributed by atoms with Crippen LogP contribution in [0.1, 0.15) is 26.7 Å². The molecule has 0 aromatic carbocycles. The second kappa shape index (κ2) is 1.88. The first-order valence-corrected chi connectivity index (χ1v) is 4.41. The van der Waals surface area contributed by atoms with Crippen molar-refractivity contribution in [1.29, 1.82) is 0 Å². The van der Waals surface area contributed by atoms with Gasteiger partial charge in [0.05, 0.1) is 0 Å². The van der Waals surface area contributed by atoms with Gasteiger partial charge < -0.3 is 5.11 Å². The quantitative estimate of drug-likeness (QED) is 0.724. The molecule has 0 atom stereocenters. The number of halogens is 2. The first-order chi connectivity index (χ1) is 5.80. The molecule has 0 aromatic heterocycles. The smallest absolute Gasteiger partial charge is 0.315 e. The van der Waals surface area contributed by atoms with Gasteiger partial charge in [0.2, 0.25) is 0 Å². The highest BCUT2D eigenvalue weighted by Gasteiger charge is 2.91. The van der Waals surface area contributed by atoms with Gasteiger partial charge in [-0.25, -0.2) is 8.78 Å². The Kier molecular flexibility index (Phi) is 1.29. The maximum atomic E-state index is 13.4. The van der Waals surface area contributed by atoms with Gasteiger partial charge in [0.25, 0.3) is 5.92 Å². The van der Waals surface area contributed by atoms with Crippen LogP contribution < -0.4 is 0 Å². The highest BCUT2D eigenvalue weighted by atomic mass is 19.3. The van der Waals surface area contributed by atoms with Crippen molar-refractivity contribution in [2.24, 2.45) is 16.7 Å². The average molecular weight is 190 g/mol. The van der Waals surface area contributed by atoms with E-state index in [-0.39, 0.29) is 18.8 Å². The van der Waals surface area contributed by atoms with Crippen molar-refractivity contribution in [3.63, 3.8) is 0 Å². The normalized spacial score (nSPS) is 45.3. The van der Waals surface area contributed by atoms with Crippen molar-refractivity contribution < 1.29 is 18.7 Å². The van der Waals surface area contributed by atoms with Gasteiger partial charge in [-0.3, -0.25) is 4.79 Å². The Morgan fingerprint density at radius 2 is 1.85 bits per heavy atom. The average Bonchev–Trinajstić information content (AvgIpc) is 1.81. The number of hydrogen-bond acceptors (Lipinski definition) is 1. The van der Waals surface area contributed by atoms with Gasteiger partial charge in [-0.1, -0.05) is 13.8 Å². The Morgan fingerprint density at radius 1 is 1.38 bits per heavy atom. The van der Waals surface area contributed by atoms with Gasteiger partial charge >= 0.3 is 5.97 Å². The molecule has 0 amide bonds. The van der Waals surface area contributed by atoms with Crippen LogP contribution in [0, 0.1) is 16.7 Å². The number of carboxylic acid groups (broad SMARTS) is 1. The lowest BCUT2D eigenvalue weighted by Gasteiger charge is -2.74. The topological polar surface area (TPSA) is 37.3 Å². The molecule has 2 bridgehead atoms. The van der Waals surface area contributed by atoms with Crippen LogP contribution in [0.5, 0.6) is 0 Å². The molecule has 13 heavy (non-hydrogen) atoms. The predicted molar refractivity (Wildman–Crippen MR) is 41.5 cm³/mol. The zero-order valence-corrected chi connectivity index (χ0v) is 7.60. The fourth-order valence-electron chi connectivity index (χ4n) is 2.79. The van der Waals surface area contributed by atoms with Crippen LogP contribution in [0.4, 0.5) is 8.78 Å². The summed E-state index contributed by atoms with van der Waals surface area (Å²) in [4.78, 5) is 10.6. The summed E-state index contributed by atoms with van der Waals surface area (Å²) in [5.41, 5.74) is -2.72. The molecular formula is C9H12F2O2. The molecule has 0 spiro atoms. The molecule has 3 aliphatic rings. The van der Waals surface area contributed by atoms with Crippen molar-refractivity contribution in [1.82, 2.24) is 0 Å². The molecule has 74 valence electrons. The maximum absolute atomic E-state index is 13.4. The minimum absolute atomic E-state index is 0.135. The summed E-state index contributed by atoms with van der Waals surface area (Å²) in [5, 5.41) is 8.68. The SMILES string of the molecule is CC(C)C12CC(C(=O)O)(C1)C2(F)F. The lowest BCUT2D eigenvalue weighted by molar-refractivity contribution is -0.411. The zero-order chi connectivity index (χ0) is 10.1. The Bertz CT molecular complexity index is 277. The van der Waals surface area contributed by atoms with Crippen LogP contribution in [-0.2, 0) is 4.79 Å². The van der Waals surface area contributed by atoms with E-state index < -0.39 is 22.7 Å². The first kappa shape index (κ1) is 8.91. The van der Waals surface area contributed by atoms with E-state index in [9.17, 15) is 13.6 Å². The van der Waals surface area contributed by atoms with Gasteiger partial charge in [0.1, 0.15) is 5.41 Å². The third-order valence-electron chi connectivity index (χ3n) is 3.98. The summed E-state index contributed by atoms with van der Waals surface area (Å²) in [6, 6.07) is 0. The van der Waals surface area contributed by atoms with Crippen LogP contribution in [0.15, 0.2) is 0 Å². The molecule has 0 saturated heterocycles. The van der Waals surface area contributed by atoms with Crippen LogP contribution >= 0.6 is 0 Å². The molecule has 3 rings (SSSR count). The molecular weight excluding hydrogens is 178 g/mol. The van der Waals surface area contributed by atoms with E-state index in [1.165, 1.54) is 0 Å². The Hall–Kier alpha value is -0.670. The second-order valence-electron chi connectivity index (χ2n) is 4.63. The fourth-order valence-corrected chi connectivity index (χ4v) is 2.79. The predicted octanol–water partition coefficient (Wildman–Crippen LogP) is 2.14. The van der Waals surface area contributed by atoms with Gasteiger partial charge in [0.15, 0.2) is 0 Å². The minimum Gasteiger partial charge on any atom is -0.481 e. The number of alkyl halides is 2. The third-order valence-corrected chi connectivity index (χ3v) is 3.98. The van der Waals surface area contributed by atoms with E-state index in [4.69, 9.17) is 5.11 Å². The van der Waals surface area contributed by atoms with Crippen molar-refractivity contribution in [2.75, 3.05) is 0 Å². The Morgan fingerprint density at radius 3 is 2.08 bits per heavy atom. The van der Waals surface area contributed by atoms with E-state index in [0.717, 1.165) is 0 Å². The van der Waals surface area contributed by atoms with E-state index in [1.54, 1.807) is 13.8 Å². The molecule has 3 fully saturated rings. The molecule has 3 saturated carbocycles. The highest BCUT2D eigenvalue weighted by Crippen LogP contribution is 2.83. The molecule has 4 heteroatoms. The molecule has 3 aliphatic carbocycles. The van der Waals surface area contributed by atoms with Crippen molar-refractivity contribution in [3.8, 4) is 0 Å².